The van der Waals surface area contributed by atoms with Crippen LogP contribution in [-0.4, -0.2) is 46.6 Å². The number of hydrogen-bond donors (Lipinski definition) is 1. The molecule has 6 nitrogen and oxygen atoms in total. The fourth-order valence-electron chi connectivity index (χ4n) is 4.64. The molecule has 0 radical (unpaired) electrons. The van der Waals surface area contributed by atoms with Gasteiger partial charge in [0.1, 0.15) is 6.04 Å². The second kappa shape index (κ2) is 9.18. The van der Waals surface area contributed by atoms with Gasteiger partial charge in [-0.15, -0.1) is 0 Å². The van der Waals surface area contributed by atoms with Crippen LogP contribution in [0.5, 0.6) is 5.88 Å². The van der Waals surface area contributed by atoms with Gasteiger partial charge >= 0.3 is 6.18 Å². The van der Waals surface area contributed by atoms with Crippen molar-refractivity contribution >= 4 is 17.5 Å². The van der Waals surface area contributed by atoms with Crippen LogP contribution in [0, 0.1) is 5.92 Å². The lowest BCUT2D eigenvalue weighted by Crippen LogP contribution is -2.47. The molecule has 0 bridgehead atoms. The van der Waals surface area contributed by atoms with Crippen molar-refractivity contribution < 1.29 is 27.5 Å². The van der Waals surface area contributed by atoms with Gasteiger partial charge in [-0.3, -0.25) is 9.59 Å². The van der Waals surface area contributed by atoms with Crippen molar-refractivity contribution in [2.45, 2.75) is 50.4 Å². The first-order valence-corrected chi connectivity index (χ1v) is 10.7. The zero-order valence-corrected chi connectivity index (χ0v) is 17.3. The van der Waals surface area contributed by atoms with Gasteiger partial charge in [0, 0.05) is 17.7 Å². The summed E-state index contributed by atoms with van der Waals surface area (Å²) in [5.41, 5.74) is 0.876. The average Bonchev–Trinajstić information content (AvgIpc) is 3.18. The van der Waals surface area contributed by atoms with Crippen molar-refractivity contribution in [1.29, 1.82) is 0 Å². The van der Waals surface area contributed by atoms with E-state index in [1.807, 2.05) is 6.07 Å². The number of alkyl halides is 3. The van der Waals surface area contributed by atoms with E-state index in [0.29, 0.717) is 17.7 Å². The summed E-state index contributed by atoms with van der Waals surface area (Å²) in [6.07, 6.45) is 1.36. The van der Waals surface area contributed by atoms with E-state index in [2.05, 4.69) is 15.0 Å². The van der Waals surface area contributed by atoms with Crippen LogP contribution in [0.25, 0.3) is 0 Å². The number of rotatable bonds is 5. The number of carbonyl (C=O) groups is 2. The van der Waals surface area contributed by atoms with Gasteiger partial charge in [-0.1, -0.05) is 31.0 Å². The molecule has 170 valence electrons. The Bertz CT molecular complexity index is 950. The third-order valence-corrected chi connectivity index (χ3v) is 6.03. The van der Waals surface area contributed by atoms with Crippen molar-refractivity contribution in [2.24, 2.45) is 5.92 Å². The highest BCUT2D eigenvalue weighted by Crippen LogP contribution is 2.40. The Hall–Kier alpha value is -3.10. The lowest BCUT2D eigenvalue weighted by atomic mass is 9.84. The lowest BCUT2D eigenvalue weighted by molar-refractivity contribution is -0.154. The Kier molecular flexibility index (Phi) is 6.34. The van der Waals surface area contributed by atoms with Gasteiger partial charge in [0.25, 0.3) is 5.91 Å². The topological polar surface area (TPSA) is 71.5 Å². The van der Waals surface area contributed by atoms with E-state index in [4.69, 9.17) is 0 Å². The third-order valence-electron chi connectivity index (χ3n) is 6.03. The minimum absolute atomic E-state index is 0.0310. The molecule has 2 aromatic rings. The van der Waals surface area contributed by atoms with Crippen molar-refractivity contribution in [3.63, 3.8) is 0 Å². The molecule has 1 aliphatic carbocycles. The molecular weight excluding hydrogens is 423 g/mol. The lowest BCUT2D eigenvalue weighted by Gasteiger charge is -2.33. The molecule has 9 heteroatoms. The van der Waals surface area contributed by atoms with Gasteiger partial charge in [-0.25, -0.2) is 4.98 Å². The van der Waals surface area contributed by atoms with Crippen molar-refractivity contribution in [3.05, 3.63) is 54.2 Å². The van der Waals surface area contributed by atoms with Crippen molar-refractivity contribution in [1.82, 2.24) is 9.88 Å². The molecule has 32 heavy (non-hydrogen) atoms. The standard InChI is InChI=1S/C23H24F3N3O3/c24-23(25,26)14-32-20-11-10-17(13-27-20)28-21(30)19-12-16-8-4-5-9-18(16)29(19)22(31)15-6-2-1-3-7-15/h1-3,6-7,10-11,13,16,18-19H,4-5,8-9,12,14H2,(H,28,30). The summed E-state index contributed by atoms with van der Waals surface area (Å²) >= 11 is 0. The third kappa shape index (κ3) is 5.03. The largest absolute Gasteiger partial charge is 0.468 e. The minimum Gasteiger partial charge on any atom is -0.468 e. The van der Waals surface area contributed by atoms with E-state index in [-0.39, 0.29) is 29.7 Å². The maximum Gasteiger partial charge on any atom is 0.422 e. The summed E-state index contributed by atoms with van der Waals surface area (Å²) in [4.78, 5) is 32.0. The molecule has 2 heterocycles. The normalized spacial score (nSPS) is 22.8. The number of pyridine rings is 1. The number of nitrogens with one attached hydrogen (secondary N) is 1. The number of fused-ring (bicyclic) bond motifs is 1. The van der Waals surface area contributed by atoms with E-state index in [0.717, 1.165) is 25.7 Å². The highest BCUT2D eigenvalue weighted by molar-refractivity contribution is 6.01. The number of hydrogen-bond acceptors (Lipinski definition) is 4. The number of ether oxygens (including phenoxy) is 1. The molecule has 1 N–H and O–H groups in total. The van der Waals surface area contributed by atoms with Gasteiger partial charge in [0.15, 0.2) is 6.61 Å². The minimum atomic E-state index is -4.46. The smallest absolute Gasteiger partial charge is 0.422 e. The van der Waals surface area contributed by atoms with Crippen LogP contribution in [0.2, 0.25) is 0 Å². The van der Waals surface area contributed by atoms with E-state index >= 15 is 0 Å². The van der Waals surface area contributed by atoms with E-state index in [1.165, 1.54) is 18.3 Å². The average molecular weight is 447 g/mol. The van der Waals surface area contributed by atoms with Crippen LogP contribution in [0.4, 0.5) is 18.9 Å². The van der Waals surface area contributed by atoms with Gasteiger partial charge in [-0.05, 0) is 43.4 Å². The molecule has 1 aromatic carbocycles. The molecule has 3 atom stereocenters. The molecule has 4 rings (SSSR count). The fraction of sp³-hybridized carbons (Fsp3) is 0.435. The maximum absolute atomic E-state index is 13.3. The number of carbonyl (C=O) groups excluding carboxylic acids is 2. The highest BCUT2D eigenvalue weighted by Gasteiger charge is 2.47. The molecular formula is C23H24F3N3O3. The quantitative estimate of drug-likeness (QED) is 0.736. The van der Waals surface area contributed by atoms with E-state index in [9.17, 15) is 22.8 Å². The number of aromatic nitrogens is 1. The highest BCUT2D eigenvalue weighted by atomic mass is 19.4. The second-order valence-electron chi connectivity index (χ2n) is 8.22. The SMILES string of the molecule is O=C(Nc1ccc(OCC(F)(F)F)nc1)C1CC2CCCCC2N1C(=O)c1ccccc1. The second-order valence-corrected chi connectivity index (χ2v) is 8.22. The fourth-order valence-corrected chi connectivity index (χ4v) is 4.64. The molecule has 3 unspecified atom stereocenters. The number of nitrogens with zero attached hydrogens (tertiary/aromatic N) is 2. The first-order valence-electron chi connectivity index (χ1n) is 10.7. The maximum atomic E-state index is 13.3. The molecule has 1 saturated carbocycles. The van der Waals surface area contributed by atoms with Crippen molar-refractivity contribution in [3.8, 4) is 5.88 Å². The van der Waals surface area contributed by atoms with Crippen molar-refractivity contribution in [2.75, 3.05) is 11.9 Å². The predicted octanol–water partition coefficient (Wildman–Crippen LogP) is 4.43. The molecule has 2 amide bonds. The predicted molar refractivity (Wildman–Crippen MR) is 111 cm³/mol. The molecule has 1 aromatic heterocycles. The molecule has 2 fully saturated rings. The Morgan fingerprint density at radius 1 is 1.09 bits per heavy atom. The number of benzene rings is 1. The van der Waals surface area contributed by atoms with Crippen LogP contribution < -0.4 is 10.1 Å². The Balaban J connectivity index is 1.48. The van der Waals surface area contributed by atoms with Crippen LogP contribution in [-0.2, 0) is 4.79 Å². The summed E-state index contributed by atoms with van der Waals surface area (Å²) in [5.74, 6) is -0.389. The number of anilines is 1. The zero-order valence-electron chi connectivity index (χ0n) is 17.3. The van der Waals surface area contributed by atoms with Crippen LogP contribution in [0.3, 0.4) is 0 Å². The monoisotopic (exact) mass is 447 g/mol. The summed E-state index contributed by atoms with van der Waals surface area (Å²) in [5, 5.41) is 2.76. The molecule has 1 saturated heterocycles. The Labute approximate surface area is 183 Å². The van der Waals surface area contributed by atoms with Gasteiger partial charge < -0.3 is 15.0 Å². The number of likely N-dealkylation sites (tertiary alicyclic amines) is 1. The summed E-state index contributed by atoms with van der Waals surface area (Å²) in [6.45, 7) is -1.44. The summed E-state index contributed by atoms with van der Waals surface area (Å²) < 4.78 is 41.4. The van der Waals surface area contributed by atoms with E-state index in [1.54, 1.807) is 29.2 Å². The zero-order chi connectivity index (χ0) is 22.7. The molecule has 0 spiro atoms. The Morgan fingerprint density at radius 3 is 2.53 bits per heavy atom. The summed E-state index contributed by atoms with van der Waals surface area (Å²) in [6, 6.07) is 11.0. The molecule has 1 aliphatic heterocycles. The molecule has 2 aliphatic rings. The van der Waals surface area contributed by atoms with Crippen LogP contribution in [0.15, 0.2) is 48.7 Å². The van der Waals surface area contributed by atoms with Gasteiger partial charge in [0.05, 0.1) is 11.9 Å². The van der Waals surface area contributed by atoms with Crippen LogP contribution in [0.1, 0.15) is 42.5 Å². The van der Waals surface area contributed by atoms with Crippen LogP contribution >= 0.6 is 0 Å². The van der Waals surface area contributed by atoms with E-state index < -0.39 is 18.8 Å². The van der Waals surface area contributed by atoms with Gasteiger partial charge in [-0.2, -0.15) is 13.2 Å². The summed E-state index contributed by atoms with van der Waals surface area (Å²) in [7, 11) is 0. The Morgan fingerprint density at radius 2 is 1.84 bits per heavy atom. The number of halogens is 3. The van der Waals surface area contributed by atoms with Gasteiger partial charge in [0.2, 0.25) is 11.8 Å². The number of amides is 2. The first kappa shape index (κ1) is 22.1. The first-order chi connectivity index (χ1) is 15.3.